The number of carbonyl (C=O) groups excluding carboxylic acids is 1. The molecule has 2 unspecified atom stereocenters. The van der Waals surface area contributed by atoms with Gasteiger partial charge in [0.25, 0.3) is 0 Å². The topological polar surface area (TPSA) is 41.1 Å². The molecule has 3 rings (SSSR count). The molecule has 2 N–H and O–H groups in total. The molecule has 5 heteroatoms. The lowest BCUT2D eigenvalue weighted by Crippen LogP contribution is -2.29. The number of amides is 1. The first-order chi connectivity index (χ1) is 12.1. The van der Waals surface area contributed by atoms with Crippen molar-refractivity contribution in [3.05, 3.63) is 69.7 Å². The van der Waals surface area contributed by atoms with E-state index in [-0.39, 0.29) is 11.9 Å². The van der Waals surface area contributed by atoms with Gasteiger partial charge in [0.05, 0.1) is 16.1 Å². The summed E-state index contributed by atoms with van der Waals surface area (Å²) >= 11 is 12.2. The minimum atomic E-state index is -0.231. The molecule has 0 bridgehead atoms. The Morgan fingerprint density at radius 2 is 1.92 bits per heavy atom. The van der Waals surface area contributed by atoms with Crippen LogP contribution in [-0.2, 0) is 4.79 Å². The number of hydrogen-bond donors (Lipinski definition) is 2. The van der Waals surface area contributed by atoms with E-state index in [0.29, 0.717) is 22.4 Å². The summed E-state index contributed by atoms with van der Waals surface area (Å²) in [4.78, 5) is 12.5. The molecule has 0 saturated carbocycles. The molecule has 1 aliphatic heterocycles. The standard InChI is InChI=1S/C20H22Cl2N2O/c21-17-8-7-16(12-18(17)22)20(15-4-2-1-3-5-15)24-19(25)9-6-14-10-11-23-13-14/h1-5,7-8,12,14,20,23H,6,9-11,13H2,(H,24,25). The second-order valence-corrected chi connectivity index (χ2v) is 7.30. The molecule has 25 heavy (non-hydrogen) atoms. The first kappa shape index (κ1) is 18.2. The Hall–Kier alpha value is -1.55. The summed E-state index contributed by atoms with van der Waals surface area (Å²) in [5, 5.41) is 7.50. The summed E-state index contributed by atoms with van der Waals surface area (Å²) < 4.78 is 0. The molecule has 1 aliphatic rings. The van der Waals surface area contributed by atoms with Crippen molar-refractivity contribution < 1.29 is 4.79 Å². The molecule has 0 aliphatic carbocycles. The second-order valence-electron chi connectivity index (χ2n) is 6.48. The molecule has 2 atom stereocenters. The average Bonchev–Trinajstić information content (AvgIpc) is 3.15. The zero-order chi connectivity index (χ0) is 17.6. The van der Waals surface area contributed by atoms with Gasteiger partial charge in [-0.1, -0.05) is 59.6 Å². The van der Waals surface area contributed by atoms with Crippen LogP contribution in [0.2, 0.25) is 10.0 Å². The van der Waals surface area contributed by atoms with Crippen molar-refractivity contribution in [2.45, 2.75) is 25.3 Å². The van der Waals surface area contributed by atoms with Gasteiger partial charge in [0, 0.05) is 6.42 Å². The lowest BCUT2D eigenvalue weighted by molar-refractivity contribution is -0.121. The summed E-state index contributed by atoms with van der Waals surface area (Å²) in [6.45, 7) is 2.07. The molecule has 1 heterocycles. The van der Waals surface area contributed by atoms with Crippen molar-refractivity contribution in [1.29, 1.82) is 0 Å². The number of rotatable bonds is 6. The smallest absolute Gasteiger partial charge is 0.220 e. The lowest BCUT2D eigenvalue weighted by Gasteiger charge is -2.21. The summed E-state index contributed by atoms with van der Waals surface area (Å²) in [5.74, 6) is 0.665. The largest absolute Gasteiger partial charge is 0.345 e. The van der Waals surface area contributed by atoms with Gasteiger partial charge in [-0.3, -0.25) is 4.79 Å². The molecule has 0 spiro atoms. The van der Waals surface area contributed by atoms with Gasteiger partial charge < -0.3 is 10.6 Å². The normalized spacial score (nSPS) is 18.1. The van der Waals surface area contributed by atoms with Crippen LogP contribution in [0.15, 0.2) is 48.5 Å². The predicted octanol–water partition coefficient (Wildman–Crippen LogP) is 4.59. The van der Waals surface area contributed by atoms with Crippen LogP contribution in [0.3, 0.4) is 0 Å². The van der Waals surface area contributed by atoms with E-state index in [1.807, 2.05) is 42.5 Å². The summed E-state index contributed by atoms with van der Waals surface area (Å²) in [6, 6.07) is 15.2. The van der Waals surface area contributed by atoms with E-state index < -0.39 is 0 Å². The summed E-state index contributed by atoms with van der Waals surface area (Å²) in [6.07, 6.45) is 2.61. The molecule has 1 amide bonds. The predicted molar refractivity (Wildman–Crippen MR) is 103 cm³/mol. The maximum absolute atomic E-state index is 12.5. The molecule has 0 radical (unpaired) electrons. The zero-order valence-electron chi connectivity index (χ0n) is 14.0. The number of nitrogens with one attached hydrogen (secondary N) is 2. The maximum Gasteiger partial charge on any atom is 0.220 e. The monoisotopic (exact) mass is 376 g/mol. The average molecular weight is 377 g/mol. The second kappa shape index (κ2) is 8.70. The van der Waals surface area contributed by atoms with E-state index in [2.05, 4.69) is 10.6 Å². The van der Waals surface area contributed by atoms with Crippen molar-refractivity contribution in [3.63, 3.8) is 0 Å². The van der Waals surface area contributed by atoms with Gasteiger partial charge in [-0.2, -0.15) is 0 Å². The van der Waals surface area contributed by atoms with Gasteiger partial charge in [0.2, 0.25) is 5.91 Å². The van der Waals surface area contributed by atoms with Crippen LogP contribution in [0.1, 0.15) is 36.4 Å². The highest BCUT2D eigenvalue weighted by atomic mass is 35.5. The number of benzene rings is 2. The van der Waals surface area contributed by atoms with Crippen LogP contribution in [0.4, 0.5) is 0 Å². The van der Waals surface area contributed by atoms with Gasteiger partial charge >= 0.3 is 0 Å². The van der Waals surface area contributed by atoms with E-state index in [0.717, 1.165) is 37.1 Å². The van der Waals surface area contributed by atoms with Crippen LogP contribution >= 0.6 is 23.2 Å². The highest BCUT2D eigenvalue weighted by Gasteiger charge is 2.20. The SMILES string of the molecule is O=C(CCC1CCNC1)NC(c1ccccc1)c1ccc(Cl)c(Cl)c1. The third kappa shape index (κ3) is 4.97. The highest BCUT2D eigenvalue weighted by Crippen LogP contribution is 2.29. The molecule has 1 saturated heterocycles. The Balaban J connectivity index is 1.74. The maximum atomic E-state index is 12.5. The van der Waals surface area contributed by atoms with Crippen LogP contribution in [0.5, 0.6) is 0 Å². The Morgan fingerprint density at radius 3 is 2.60 bits per heavy atom. The van der Waals surface area contributed by atoms with E-state index in [1.54, 1.807) is 6.07 Å². The number of halogens is 2. The van der Waals surface area contributed by atoms with Gasteiger partial charge in [0.1, 0.15) is 0 Å². The number of carbonyl (C=O) groups is 1. The Bertz CT molecular complexity index is 715. The quantitative estimate of drug-likeness (QED) is 0.773. The van der Waals surface area contributed by atoms with Crippen LogP contribution in [0, 0.1) is 5.92 Å². The zero-order valence-corrected chi connectivity index (χ0v) is 15.5. The molecule has 132 valence electrons. The van der Waals surface area contributed by atoms with Crippen molar-refractivity contribution >= 4 is 29.1 Å². The molecule has 2 aromatic carbocycles. The first-order valence-electron chi connectivity index (χ1n) is 8.63. The van der Waals surface area contributed by atoms with Crippen LogP contribution < -0.4 is 10.6 Å². The Kier molecular flexibility index (Phi) is 6.35. The Labute approximate surface area is 158 Å². The minimum Gasteiger partial charge on any atom is -0.345 e. The fourth-order valence-electron chi connectivity index (χ4n) is 3.23. The molecular weight excluding hydrogens is 355 g/mol. The lowest BCUT2D eigenvalue weighted by atomic mass is 9.97. The summed E-state index contributed by atoms with van der Waals surface area (Å²) in [7, 11) is 0. The van der Waals surface area contributed by atoms with Gasteiger partial charge in [-0.05, 0) is 55.1 Å². The van der Waals surface area contributed by atoms with Gasteiger partial charge in [-0.15, -0.1) is 0 Å². The fourth-order valence-corrected chi connectivity index (χ4v) is 3.53. The molecular formula is C20H22Cl2N2O. The minimum absolute atomic E-state index is 0.0619. The van der Waals surface area contributed by atoms with E-state index >= 15 is 0 Å². The first-order valence-corrected chi connectivity index (χ1v) is 9.39. The van der Waals surface area contributed by atoms with Crippen molar-refractivity contribution in [2.75, 3.05) is 13.1 Å². The van der Waals surface area contributed by atoms with Crippen LogP contribution in [-0.4, -0.2) is 19.0 Å². The van der Waals surface area contributed by atoms with Gasteiger partial charge in [0.15, 0.2) is 0 Å². The van der Waals surface area contributed by atoms with E-state index in [9.17, 15) is 4.79 Å². The molecule has 3 nitrogen and oxygen atoms in total. The van der Waals surface area contributed by atoms with Gasteiger partial charge in [-0.25, -0.2) is 0 Å². The fraction of sp³-hybridized carbons (Fsp3) is 0.350. The third-order valence-electron chi connectivity index (χ3n) is 4.66. The third-order valence-corrected chi connectivity index (χ3v) is 5.40. The highest BCUT2D eigenvalue weighted by molar-refractivity contribution is 6.42. The molecule has 0 aromatic heterocycles. The van der Waals surface area contributed by atoms with E-state index in [1.165, 1.54) is 0 Å². The van der Waals surface area contributed by atoms with Crippen molar-refractivity contribution in [1.82, 2.24) is 10.6 Å². The van der Waals surface area contributed by atoms with E-state index in [4.69, 9.17) is 23.2 Å². The molecule has 1 fully saturated rings. The Morgan fingerprint density at radius 1 is 1.12 bits per heavy atom. The van der Waals surface area contributed by atoms with Crippen molar-refractivity contribution in [2.24, 2.45) is 5.92 Å². The molecule has 2 aromatic rings. The summed E-state index contributed by atoms with van der Waals surface area (Å²) in [5.41, 5.74) is 1.95. The number of hydrogen-bond acceptors (Lipinski definition) is 2. The van der Waals surface area contributed by atoms with Crippen molar-refractivity contribution in [3.8, 4) is 0 Å². The van der Waals surface area contributed by atoms with Crippen LogP contribution in [0.25, 0.3) is 0 Å².